The number of carbonyl (C=O) groups excluding carboxylic acids is 1. The minimum Gasteiger partial charge on any atom is -0.380 e. The Morgan fingerprint density at radius 1 is 1.06 bits per heavy atom. The van der Waals surface area contributed by atoms with Gasteiger partial charge in [0, 0.05) is 16.4 Å². The van der Waals surface area contributed by atoms with E-state index in [0.29, 0.717) is 0 Å². The van der Waals surface area contributed by atoms with E-state index in [-0.39, 0.29) is 0 Å². The first-order valence-electron chi connectivity index (χ1n) is 4.90. The summed E-state index contributed by atoms with van der Waals surface area (Å²) in [6.45, 7) is 0. The van der Waals surface area contributed by atoms with Crippen LogP contribution in [0.4, 0.5) is 5.00 Å². The SMILES string of the molecule is CNc1cc2cc3sc(C=O)cc3cc2s1. The van der Waals surface area contributed by atoms with E-state index in [1.54, 1.807) is 22.7 Å². The van der Waals surface area contributed by atoms with Gasteiger partial charge < -0.3 is 5.32 Å². The number of rotatable bonds is 2. The molecule has 1 N–H and O–H groups in total. The van der Waals surface area contributed by atoms with Gasteiger partial charge in [0.1, 0.15) is 0 Å². The van der Waals surface area contributed by atoms with Gasteiger partial charge in [0.2, 0.25) is 0 Å². The molecule has 80 valence electrons. The number of anilines is 1. The summed E-state index contributed by atoms with van der Waals surface area (Å²) in [7, 11) is 1.93. The Balaban J connectivity index is 2.32. The first-order valence-corrected chi connectivity index (χ1v) is 6.53. The first kappa shape index (κ1) is 9.81. The lowest BCUT2D eigenvalue weighted by Crippen LogP contribution is -1.79. The monoisotopic (exact) mass is 247 g/mol. The molecule has 0 radical (unpaired) electrons. The summed E-state index contributed by atoms with van der Waals surface area (Å²) in [5.41, 5.74) is 0. The smallest absolute Gasteiger partial charge is 0.160 e. The van der Waals surface area contributed by atoms with Crippen molar-refractivity contribution in [3.8, 4) is 0 Å². The fourth-order valence-electron chi connectivity index (χ4n) is 1.77. The second kappa shape index (κ2) is 3.57. The third kappa shape index (κ3) is 1.42. The van der Waals surface area contributed by atoms with Crippen LogP contribution in [0.3, 0.4) is 0 Å². The Morgan fingerprint density at radius 3 is 2.44 bits per heavy atom. The maximum atomic E-state index is 10.7. The summed E-state index contributed by atoms with van der Waals surface area (Å²) in [6.07, 6.45) is 0.914. The average molecular weight is 247 g/mol. The number of fused-ring (bicyclic) bond motifs is 2. The van der Waals surface area contributed by atoms with Crippen LogP contribution < -0.4 is 5.32 Å². The molecular weight excluding hydrogens is 238 g/mol. The number of nitrogens with one attached hydrogen (secondary N) is 1. The first-order chi connectivity index (χ1) is 7.80. The van der Waals surface area contributed by atoms with E-state index in [0.717, 1.165) is 16.5 Å². The van der Waals surface area contributed by atoms with Gasteiger partial charge in [-0.2, -0.15) is 0 Å². The fourth-order valence-corrected chi connectivity index (χ4v) is 3.63. The molecule has 3 rings (SSSR count). The van der Waals surface area contributed by atoms with Crippen LogP contribution in [-0.4, -0.2) is 13.3 Å². The van der Waals surface area contributed by atoms with Gasteiger partial charge in [-0.05, 0) is 35.0 Å². The van der Waals surface area contributed by atoms with E-state index in [2.05, 4.69) is 23.5 Å². The van der Waals surface area contributed by atoms with Gasteiger partial charge in [0.25, 0.3) is 0 Å². The Hall–Kier alpha value is -1.39. The molecule has 0 saturated carbocycles. The number of thiophene rings is 2. The molecule has 0 fully saturated rings. The molecule has 4 heteroatoms. The van der Waals surface area contributed by atoms with Gasteiger partial charge in [-0.15, -0.1) is 22.7 Å². The maximum Gasteiger partial charge on any atom is 0.160 e. The van der Waals surface area contributed by atoms with Gasteiger partial charge >= 0.3 is 0 Å². The fraction of sp³-hybridized carbons (Fsp3) is 0.0833. The normalized spacial score (nSPS) is 11.1. The predicted molar refractivity (Wildman–Crippen MR) is 72.1 cm³/mol. The molecule has 0 aliphatic carbocycles. The van der Waals surface area contributed by atoms with Gasteiger partial charge in [-0.3, -0.25) is 4.79 Å². The van der Waals surface area contributed by atoms with Crippen LogP contribution in [0.25, 0.3) is 20.2 Å². The second-order valence-electron chi connectivity index (χ2n) is 3.56. The summed E-state index contributed by atoms with van der Waals surface area (Å²) in [4.78, 5) is 11.5. The molecule has 16 heavy (non-hydrogen) atoms. The van der Waals surface area contributed by atoms with E-state index in [1.807, 2.05) is 13.1 Å². The van der Waals surface area contributed by atoms with Crippen molar-refractivity contribution in [2.75, 3.05) is 12.4 Å². The van der Waals surface area contributed by atoms with E-state index >= 15 is 0 Å². The molecule has 0 bridgehead atoms. The van der Waals surface area contributed by atoms with Gasteiger partial charge in [0.05, 0.1) is 9.88 Å². The molecule has 0 aliphatic rings. The average Bonchev–Trinajstić information content (AvgIpc) is 2.86. The van der Waals surface area contributed by atoms with Crippen molar-refractivity contribution in [2.24, 2.45) is 0 Å². The molecule has 0 saturated heterocycles. The van der Waals surface area contributed by atoms with E-state index < -0.39 is 0 Å². The highest BCUT2D eigenvalue weighted by Crippen LogP contribution is 2.35. The third-order valence-corrected chi connectivity index (χ3v) is 4.68. The number of aldehydes is 1. The summed E-state index contributed by atoms with van der Waals surface area (Å²) in [5.74, 6) is 0. The predicted octanol–water partition coefficient (Wildman–Crippen LogP) is 3.97. The Morgan fingerprint density at radius 2 is 1.75 bits per heavy atom. The van der Waals surface area contributed by atoms with Crippen LogP contribution in [0.5, 0.6) is 0 Å². The van der Waals surface area contributed by atoms with E-state index in [9.17, 15) is 4.79 Å². The number of carbonyl (C=O) groups is 1. The molecule has 0 unspecified atom stereocenters. The molecule has 0 spiro atoms. The molecule has 1 aromatic carbocycles. The molecule has 2 nitrogen and oxygen atoms in total. The van der Waals surface area contributed by atoms with Gasteiger partial charge in [-0.25, -0.2) is 0 Å². The molecule has 0 amide bonds. The molecular formula is C12H9NOS2. The molecule has 0 aliphatic heterocycles. The Labute approximate surface area is 101 Å². The van der Waals surface area contributed by atoms with E-state index in [1.165, 1.54) is 19.8 Å². The highest BCUT2D eigenvalue weighted by Gasteiger charge is 2.05. The highest BCUT2D eigenvalue weighted by atomic mass is 32.1. The number of hydrogen-bond donors (Lipinski definition) is 1. The van der Waals surface area contributed by atoms with Gasteiger partial charge in [0.15, 0.2) is 6.29 Å². The number of benzene rings is 1. The van der Waals surface area contributed by atoms with Crippen LogP contribution >= 0.6 is 22.7 Å². The molecule has 3 aromatic rings. The Bertz CT molecular complexity index is 630. The quantitative estimate of drug-likeness (QED) is 0.694. The lowest BCUT2D eigenvalue weighted by atomic mass is 10.2. The lowest BCUT2D eigenvalue weighted by molar-refractivity contribution is 0.112. The van der Waals surface area contributed by atoms with Crippen molar-refractivity contribution in [3.63, 3.8) is 0 Å². The minimum atomic E-state index is 0.793. The van der Waals surface area contributed by atoms with E-state index in [4.69, 9.17) is 0 Å². The minimum absolute atomic E-state index is 0.793. The number of hydrogen-bond acceptors (Lipinski definition) is 4. The van der Waals surface area contributed by atoms with Crippen LogP contribution in [0.15, 0.2) is 24.3 Å². The van der Waals surface area contributed by atoms with Crippen molar-refractivity contribution >= 4 is 54.1 Å². The summed E-state index contributed by atoms with van der Waals surface area (Å²) in [6, 6.07) is 8.39. The summed E-state index contributed by atoms with van der Waals surface area (Å²) < 4.78 is 2.43. The third-order valence-electron chi connectivity index (χ3n) is 2.54. The lowest BCUT2D eigenvalue weighted by Gasteiger charge is -1.89. The van der Waals surface area contributed by atoms with Crippen LogP contribution in [0, 0.1) is 0 Å². The van der Waals surface area contributed by atoms with Crippen molar-refractivity contribution in [1.29, 1.82) is 0 Å². The van der Waals surface area contributed by atoms with Crippen molar-refractivity contribution in [1.82, 2.24) is 0 Å². The van der Waals surface area contributed by atoms with Crippen LogP contribution in [0.1, 0.15) is 9.67 Å². The molecule has 2 heterocycles. The zero-order chi connectivity index (χ0) is 11.1. The van der Waals surface area contributed by atoms with Gasteiger partial charge in [-0.1, -0.05) is 0 Å². The van der Waals surface area contributed by atoms with Crippen molar-refractivity contribution in [2.45, 2.75) is 0 Å². The highest BCUT2D eigenvalue weighted by molar-refractivity contribution is 7.23. The summed E-state index contributed by atoms with van der Waals surface area (Å²) >= 11 is 3.28. The molecule has 2 aromatic heterocycles. The zero-order valence-electron chi connectivity index (χ0n) is 8.61. The largest absolute Gasteiger partial charge is 0.380 e. The molecule has 0 atom stereocenters. The van der Waals surface area contributed by atoms with Crippen LogP contribution in [-0.2, 0) is 0 Å². The standard InChI is InChI=1S/C12H9NOS2/c1-13-12-5-8-4-10-7(3-11(8)16-12)2-9(6-14)15-10/h2-6,13H,1H3. The topological polar surface area (TPSA) is 29.1 Å². The van der Waals surface area contributed by atoms with Crippen LogP contribution in [0.2, 0.25) is 0 Å². The summed E-state index contributed by atoms with van der Waals surface area (Å²) in [5, 5.41) is 6.71. The second-order valence-corrected chi connectivity index (χ2v) is 5.75. The maximum absolute atomic E-state index is 10.7. The van der Waals surface area contributed by atoms with Crippen molar-refractivity contribution in [3.05, 3.63) is 29.1 Å². The zero-order valence-corrected chi connectivity index (χ0v) is 10.2. The van der Waals surface area contributed by atoms with Crippen molar-refractivity contribution < 1.29 is 4.79 Å². The Kier molecular flexibility index (Phi) is 2.19.